The van der Waals surface area contributed by atoms with Crippen molar-refractivity contribution >= 4 is 35.8 Å². The normalized spacial score (nSPS) is 11.0. The molecule has 0 bridgehead atoms. The maximum Gasteiger partial charge on any atom is 0.284 e. The van der Waals surface area contributed by atoms with Crippen LogP contribution < -0.4 is 16.4 Å². The van der Waals surface area contributed by atoms with Crippen LogP contribution in [0.25, 0.3) is 0 Å². The van der Waals surface area contributed by atoms with Gasteiger partial charge in [-0.05, 0) is 25.5 Å². The molecule has 8 nitrogen and oxygen atoms in total. The summed E-state index contributed by atoms with van der Waals surface area (Å²) in [6.45, 7) is 5.68. The van der Waals surface area contributed by atoms with Gasteiger partial charge in [0.05, 0.1) is 13.2 Å². The first-order valence-electron chi connectivity index (χ1n) is 7.64. The number of guanidine groups is 1. The molecule has 1 aromatic heterocycles. The molecule has 0 aliphatic carbocycles. The molecule has 0 fully saturated rings. The lowest BCUT2D eigenvalue weighted by molar-refractivity contribution is 0.0698. The Morgan fingerprint density at radius 2 is 2.08 bits per heavy atom. The summed E-state index contributed by atoms with van der Waals surface area (Å²) < 4.78 is 15.6. The molecule has 0 saturated carbocycles. The predicted molar refractivity (Wildman–Crippen MR) is 103 cm³/mol. The summed E-state index contributed by atoms with van der Waals surface area (Å²) in [6, 6.07) is 3.24. The quantitative estimate of drug-likeness (QED) is 0.200. The number of carbonyl (C=O) groups excluding carboxylic acids is 1. The van der Waals surface area contributed by atoms with E-state index in [1.807, 2.05) is 6.92 Å². The van der Waals surface area contributed by atoms with E-state index in [9.17, 15) is 4.79 Å². The summed E-state index contributed by atoms with van der Waals surface area (Å²) in [5.74, 6) is 0.820. The van der Waals surface area contributed by atoms with Crippen LogP contribution in [0.1, 0.15) is 29.7 Å². The molecular formula is C15H27IN4O4. The first-order valence-corrected chi connectivity index (χ1v) is 7.64. The highest BCUT2D eigenvalue weighted by atomic mass is 127. The number of amides is 1. The second kappa shape index (κ2) is 14.1. The van der Waals surface area contributed by atoms with Gasteiger partial charge in [-0.3, -0.25) is 4.79 Å². The number of primary amides is 1. The number of rotatable bonds is 11. The van der Waals surface area contributed by atoms with Crippen molar-refractivity contribution in [3.05, 3.63) is 23.7 Å². The van der Waals surface area contributed by atoms with Crippen molar-refractivity contribution in [1.82, 2.24) is 10.6 Å². The van der Waals surface area contributed by atoms with Crippen LogP contribution in [0, 0.1) is 0 Å². The predicted octanol–water partition coefficient (Wildman–Crippen LogP) is 1.10. The van der Waals surface area contributed by atoms with Gasteiger partial charge >= 0.3 is 0 Å². The number of furan rings is 1. The average Bonchev–Trinajstić information content (AvgIpc) is 3.01. The van der Waals surface area contributed by atoms with E-state index in [-0.39, 0.29) is 29.7 Å². The minimum absolute atomic E-state index is 0. The lowest BCUT2D eigenvalue weighted by Crippen LogP contribution is -2.38. The number of methoxy groups -OCH3 is 1. The van der Waals surface area contributed by atoms with Crippen molar-refractivity contribution in [3.8, 4) is 0 Å². The highest BCUT2D eigenvalue weighted by molar-refractivity contribution is 14.0. The summed E-state index contributed by atoms with van der Waals surface area (Å²) in [6.07, 6.45) is 0.862. The van der Waals surface area contributed by atoms with Crippen molar-refractivity contribution in [2.75, 3.05) is 40.0 Å². The molecule has 0 aliphatic rings. The smallest absolute Gasteiger partial charge is 0.284 e. The van der Waals surface area contributed by atoms with Gasteiger partial charge in [0.15, 0.2) is 11.7 Å². The third-order valence-electron chi connectivity index (χ3n) is 2.83. The third kappa shape index (κ3) is 9.73. The van der Waals surface area contributed by atoms with E-state index in [4.69, 9.17) is 19.6 Å². The molecule has 4 N–H and O–H groups in total. The molecular weight excluding hydrogens is 427 g/mol. The number of hydrogen-bond acceptors (Lipinski definition) is 5. The topological polar surface area (TPSA) is 111 Å². The Morgan fingerprint density at radius 1 is 1.29 bits per heavy atom. The maximum atomic E-state index is 11.0. The number of nitrogens with one attached hydrogen (secondary N) is 2. The molecule has 1 amide bonds. The number of aliphatic imine (C=N–C) groups is 1. The van der Waals surface area contributed by atoms with Crippen molar-refractivity contribution in [1.29, 1.82) is 0 Å². The number of hydrogen-bond donors (Lipinski definition) is 3. The van der Waals surface area contributed by atoms with Gasteiger partial charge in [0.2, 0.25) is 0 Å². The zero-order valence-electron chi connectivity index (χ0n) is 14.2. The molecule has 1 aromatic rings. The van der Waals surface area contributed by atoms with Crippen LogP contribution in [-0.4, -0.2) is 51.9 Å². The summed E-state index contributed by atoms with van der Waals surface area (Å²) in [4.78, 5) is 15.4. The molecule has 1 heterocycles. The molecule has 9 heteroatoms. The SMILES string of the molecule is CCNC(=NCc1ccc(C(N)=O)o1)NCCCOCCOC.I. The molecule has 138 valence electrons. The third-order valence-corrected chi connectivity index (χ3v) is 2.83. The second-order valence-electron chi connectivity index (χ2n) is 4.71. The Bertz CT molecular complexity index is 494. The van der Waals surface area contributed by atoms with Crippen LogP contribution >= 0.6 is 24.0 Å². The van der Waals surface area contributed by atoms with Gasteiger partial charge in [-0.25, -0.2) is 4.99 Å². The monoisotopic (exact) mass is 454 g/mol. The van der Waals surface area contributed by atoms with Gasteiger partial charge in [0, 0.05) is 26.8 Å². The fourth-order valence-electron chi connectivity index (χ4n) is 1.72. The summed E-state index contributed by atoms with van der Waals surface area (Å²) >= 11 is 0. The molecule has 0 atom stereocenters. The van der Waals surface area contributed by atoms with E-state index in [0.29, 0.717) is 38.1 Å². The average molecular weight is 454 g/mol. The van der Waals surface area contributed by atoms with Crippen molar-refractivity contribution in [2.45, 2.75) is 19.9 Å². The Balaban J connectivity index is 0.00000529. The van der Waals surface area contributed by atoms with E-state index in [1.165, 1.54) is 0 Å². The summed E-state index contributed by atoms with van der Waals surface area (Å²) in [5, 5.41) is 6.34. The summed E-state index contributed by atoms with van der Waals surface area (Å²) in [7, 11) is 1.65. The number of ether oxygens (including phenoxy) is 2. The van der Waals surface area contributed by atoms with Gasteiger partial charge in [-0.15, -0.1) is 24.0 Å². The van der Waals surface area contributed by atoms with Gasteiger partial charge in [-0.1, -0.05) is 0 Å². The van der Waals surface area contributed by atoms with Crippen molar-refractivity contribution < 1.29 is 18.7 Å². The highest BCUT2D eigenvalue weighted by Gasteiger charge is 2.06. The molecule has 0 radical (unpaired) electrons. The van der Waals surface area contributed by atoms with Crippen LogP contribution in [-0.2, 0) is 16.0 Å². The second-order valence-corrected chi connectivity index (χ2v) is 4.71. The molecule has 0 saturated heterocycles. The number of nitrogens with zero attached hydrogens (tertiary/aromatic N) is 1. The van der Waals surface area contributed by atoms with Crippen molar-refractivity contribution in [3.63, 3.8) is 0 Å². The van der Waals surface area contributed by atoms with Crippen LogP contribution in [0.15, 0.2) is 21.5 Å². The Kier molecular flexibility index (Phi) is 13.3. The molecule has 24 heavy (non-hydrogen) atoms. The van der Waals surface area contributed by atoms with Crippen molar-refractivity contribution in [2.24, 2.45) is 10.7 Å². The number of nitrogens with two attached hydrogens (primary N) is 1. The Labute approximate surface area is 159 Å². The molecule has 1 rings (SSSR count). The van der Waals surface area contributed by atoms with Gasteiger partial charge < -0.3 is 30.3 Å². The molecule has 0 unspecified atom stereocenters. The zero-order valence-corrected chi connectivity index (χ0v) is 16.5. The van der Waals surface area contributed by atoms with Gasteiger partial charge in [0.1, 0.15) is 12.3 Å². The lowest BCUT2D eigenvalue weighted by atomic mass is 10.4. The van der Waals surface area contributed by atoms with E-state index >= 15 is 0 Å². The number of carbonyl (C=O) groups is 1. The fourth-order valence-corrected chi connectivity index (χ4v) is 1.72. The number of halogens is 1. The van der Waals surface area contributed by atoms with E-state index in [1.54, 1.807) is 19.2 Å². The van der Waals surface area contributed by atoms with E-state index in [2.05, 4.69) is 15.6 Å². The minimum Gasteiger partial charge on any atom is -0.454 e. The largest absolute Gasteiger partial charge is 0.454 e. The van der Waals surface area contributed by atoms with E-state index in [0.717, 1.165) is 19.5 Å². The first-order chi connectivity index (χ1) is 11.2. The summed E-state index contributed by atoms with van der Waals surface area (Å²) in [5.41, 5.74) is 5.14. The minimum atomic E-state index is -0.585. The Morgan fingerprint density at radius 3 is 2.71 bits per heavy atom. The first kappa shape index (κ1) is 22.7. The van der Waals surface area contributed by atoms with Crippen LogP contribution in [0.3, 0.4) is 0 Å². The van der Waals surface area contributed by atoms with Gasteiger partial charge in [0.25, 0.3) is 5.91 Å². The van der Waals surface area contributed by atoms with Crippen LogP contribution in [0.5, 0.6) is 0 Å². The molecule has 0 aromatic carbocycles. The maximum absolute atomic E-state index is 11.0. The van der Waals surface area contributed by atoms with Crippen LogP contribution in [0.2, 0.25) is 0 Å². The van der Waals surface area contributed by atoms with E-state index < -0.39 is 5.91 Å². The van der Waals surface area contributed by atoms with Gasteiger partial charge in [-0.2, -0.15) is 0 Å². The van der Waals surface area contributed by atoms with Crippen LogP contribution in [0.4, 0.5) is 0 Å². The Hall–Kier alpha value is -1.33. The fraction of sp³-hybridized carbons (Fsp3) is 0.600. The lowest BCUT2D eigenvalue weighted by Gasteiger charge is -2.11. The molecule has 0 aliphatic heterocycles. The molecule has 0 spiro atoms. The standard InChI is InChI=1S/C15H26N4O4.HI/c1-3-17-15(18-7-4-8-22-10-9-21-2)19-11-12-5-6-13(23-12)14(16)20;/h5-6H,3-4,7-11H2,1-2H3,(H2,16,20)(H2,17,18,19);1H. The highest BCUT2D eigenvalue weighted by Crippen LogP contribution is 2.08. The zero-order chi connectivity index (χ0) is 16.9.